The molecule has 1 heterocycles. The molecule has 0 unspecified atom stereocenters. The highest BCUT2D eigenvalue weighted by molar-refractivity contribution is 5.99. The Kier molecular flexibility index (Phi) is 6.84. The molecule has 0 atom stereocenters. The predicted octanol–water partition coefficient (Wildman–Crippen LogP) is 12.3. The minimum absolute atomic E-state index is 0.0945. The van der Waals surface area contributed by atoms with Gasteiger partial charge in [-0.05, 0) is 85.6 Å². The van der Waals surface area contributed by atoms with Crippen molar-refractivity contribution in [3.8, 4) is 67.3 Å². The molecule has 0 N–H and O–H groups in total. The van der Waals surface area contributed by atoms with Gasteiger partial charge in [-0.3, -0.25) is 0 Å². The molecule has 7 aromatic carbocycles. The third-order valence-corrected chi connectivity index (χ3v) is 10.1. The average molecular weight is 627 g/mol. The molecule has 1 aliphatic rings. The quantitative estimate of drug-likeness (QED) is 0.190. The molecule has 0 saturated carbocycles. The third-order valence-electron chi connectivity index (χ3n) is 10.1. The summed E-state index contributed by atoms with van der Waals surface area (Å²) in [4.78, 5) is 10.3. The zero-order chi connectivity index (χ0) is 33.0. The van der Waals surface area contributed by atoms with Gasteiger partial charge in [0.25, 0.3) is 0 Å². The smallest absolute Gasteiger partial charge is 0.160 e. The lowest BCUT2D eigenvalue weighted by atomic mass is 9.81. The lowest BCUT2D eigenvalue weighted by molar-refractivity contribution is 0.661. The Morgan fingerprint density at radius 1 is 0.367 bits per heavy atom. The predicted molar refractivity (Wildman–Crippen MR) is 204 cm³/mol. The zero-order valence-electron chi connectivity index (χ0n) is 27.6. The van der Waals surface area contributed by atoms with E-state index >= 15 is 0 Å². The molecule has 0 saturated heterocycles. The highest BCUT2D eigenvalue weighted by Crippen LogP contribution is 2.53. The Bertz CT molecular complexity index is 2510. The first-order valence-corrected chi connectivity index (χ1v) is 16.9. The van der Waals surface area contributed by atoms with E-state index in [0.717, 1.165) is 33.6 Å². The third kappa shape index (κ3) is 5.05. The summed E-state index contributed by atoms with van der Waals surface area (Å²) < 4.78 is 0. The van der Waals surface area contributed by atoms with Gasteiger partial charge in [-0.15, -0.1) is 0 Å². The Hall–Kier alpha value is -6.12. The largest absolute Gasteiger partial charge is 0.228 e. The van der Waals surface area contributed by atoms with Gasteiger partial charge in [0, 0.05) is 22.1 Å². The van der Waals surface area contributed by atoms with Crippen LogP contribution in [0.25, 0.3) is 78.1 Å². The Morgan fingerprint density at radius 2 is 0.898 bits per heavy atom. The van der Waals surface area contributed by atoms with E-state index < -0.39 is 0 Å². The fourth-order valence-corrected chi connectivity index (χ4v) is 7.51. The van der Waals surface area contributed by atoms with Gasteiger partial charge in [0.05, 0.1) is 11.4 Å². The van der Waals surface area contributed by atoms with Crippen molar-refractivity contribution >= 4 is 10.8 Å². The topological polar surface area (TPSA) is 25.8 Å². The first kappa shape index (κ1) is 29.1. The summed E-state index contributed by atoms with van der Waals surface area (Å²) in [6, 6.07) is 60.7. The second-order valence-corrected chi connectivity index (χ2v) is 13.5. The lowest BCUT2D eigenvalue weighted by Gasteiger charge is -2.22. The molecule has 232 valence electrons. The zero-order valence-corrected chi connectivity index (χ0v) is 27.6. The number of aromatic nitrogens is 2. The van der Waals surface area contributed by atoms with E-state index in [1.165, 1.54) is 49.7 Å². The summed E-state index contributed by atoms with van der Waals surface area (Å²) in [6.45, 7) is 4.71. The van der Waals surface area contributed by atoms with Crippen molar-refractivity contribution in [3.63, 3.8) is 0 Å². The van der Waals surface area contributed by atoms with Gasteiger partial charge in [0.1, 0.15) is 0 Å². The Labute approximate surface area is 287 Å². The SMILES string of the molecule is CC1(C)c2cc3ccccc3cc2-c2c(-c3cccc(-c4cc(-c5cccc(-c6ccccc6)c5)nc(-c5ccccc5)n4)c3)cccc21. The molecule has 8 aromatic rings. The summed E-state index contributed by atoms with van der Waals surface area (Å²) in [5.74, 6) is 0.715. The molecule has 2 heteroatoms. The van der Waals surface area contributed by atoms with E-state index in [-0.39, 0.29) is 5.41 Å². The standard InChI is InChI=1S/C47H34N2/c1-47(2)41-25-13-24-39(45(41)40-28-34-18-9-10-19-35(34)29-42(40)47)36-21-12-23-38(27-36)44-30-43(48-46(49-44)32-16-7-4-8-17-32)37-22-11-20-33(26-37)31-14-5-3-6-15-31/h3-30H,1-2H3. The normalized spacial score (nSPS) is 12.9. The number of fused-ring (bicyclic) bond motifs is 4. The highest BCUT2D eigenvalue weighted by Gasteiger charge is 2.37. The molecule has 0 aliphatic heterocycles. The maximum atomic E-state index is 5.17. The first-order chi connectivity index (χ1) is 24.0. The maximum Gasteiger partial charge on any atom is 0.160 e. The van der Waals surface area contributed by atoms with Crippen LogP contribution in [-0.2, 0) is 5.41 Å². The molecule has 1 aromatic heterocycles. The Morgan fingerprint density at radius 3 is 1.59 bits per heavy atom. The molecule has 2 nitrogen and oxygen atoms in total. The number of nitrogens with zero attached hydrogens (tertiary/aromatic N) is 2. The maximum absolute atomic E-state index is 5.17. The van der Waals surface area contributed by atoms with Gasteiger partial charge >= 0.3 is 0 Å². The second kappa shape index (κ2) is 11.5. The van der Waals surface area contributed by atoms with Gasteiger partial charge in [-0.25, -0.2) is 9.97 Å². The van der Waals surface area contributed by atoms with Gasteiger partial charge in [0.2, 0.25) is 0 Å². The molecule has 0 spiro atoms. The van der Waals surface area contributed by atoms with Crippen LogP contribution in [0.1, 0.15) is 25.0 Å². The minimum Gasteiger partial charge on any atom is -0.228 e. The van der Waals surface area contributed by atoms with Crippen LogP contribution in [0.2, 0.25) is 0 Å². The van der Waals surface area contributed by atoms with Crippen molar-refractivity contribution in [2.45, 2.75) is 19.3 Å². The van der Waals surface area contributed by atoms with Crippen LogP contribution < -0.4 is 0 Å². The van der Waals surface area contributed by atoms with Crippen LogP contribution >= 0.6 is 0 Å². The second-order valence-electron chi connectivity index (χ2n) is 13.5. The van der Waals surface area contributed by atoms with Gasteiger partial charge in [-0.2, -0.15) is 0 Å². The van der Waals surface area contributed by atoms with Crippen LogP contribution in [0.15, 0.2) is 170 Å². The van der Waals surface area contributed by atoms with E-state index in [9.17, 15) is 0 Å². The van der Waals surface area contributed by atoms with Crippen LogP contribution in [0.4, 0.5) is 0 Å². The molecule has 0 radical (unpaired) electrons. The molecule has 1 aliphatic carbocycles. The van der Waals surface area contributed by atoms with Crippen molar-refractivity contribution in [1.29, 1.82) is 0 Å². The van der Waals surface area contributed by atoms with E-state index in [4.69, 9.17) is 9.97 Å². The molecule has 0 fully saturated rings. The molecule has 0 bridgehead atoms. The van der Waals surface area contributed by atoms with E-state index in [0.29, 0.717) is 5.82 Å². The van der Waals surface area contributed by atoms with E-state index in [1.807, 2.05) is 18.2 Å². The van der Waals surface area contributed by atoms with E-state index in [1.54, 1.807) is 0 Å². The van der Waals surface area contributed by atoms with Crippen LogP contribution in [0.5, 0.6) is 0 Å². The van der Waals surface area contributed by atoms with Gasteiger partial charge in [0.15, 0.2) is 5.82 Å². The Balaban J connectivity index is 1.20. The van der Waals surface area contributed by atoms with Gasteiger partial charge < -0.3 is 0 Å². The number of benzene rings is 7. The molecular formula is C47H34N2. The number of hydrogen-bond donors (Lipinski definition) is 0. The van der Waals surface area contributed by atoms with Crippen molar-refractivity contribution < 1.29 is 0 Å². The minimum atomic E-state index is -0.0945. The molecule has 49 heavy (non-hydrogen) atoms. The number of rotatable bonds is 5. The van der Waals surface area contributed by atoms with Crippen LogP contribution in [-0.4, -0.2) is 9.97 Å². The summed E-state index contributed by atoms with van der Waals surface area (Å²) in [7, 11) is 0. The molecular weight excluding hydrogens is 593 g/mol. The monoisotopic (exact) mass is 626 g/mol. The van der Waals surface area contributed by atoms with Crippen molar-refractivity contribution in [3.05, 3.63) is 181 Å². The number of hydrogen-bond acceptors (Lipinski definition) is 2. The fraction of sp³-hybridized carbons (Fsp3) is 0.0638. The van der Waals surface area contributed by atoms with E-state index in [2.05, 4.69) is 166 Å². The van der Waals surface area contributed by atoms with Crippen molar-refractivity contribution in [2.75, 3.05) is 0 Å². The summed E-state index contributed by atoms with van der Waals surface area (Å²) in [6.07, 6.45) is 0. The van der Waals surface area contributed by atoms with Crippen molar-refractivity contribution in [1.82, 2.24) is 9.97 Å². The first-order valence-electron chi connectivity index (χ1n) is 16.9. The molecule has 0 amide bonds. The molecule has 9 rings (SSSR count). The van der Waals surface area contributed by atoms with Crippen LogP contribution in [0.3, 0.4) is 0 Å². The summed E-state index contributed by atoms with van der Waals surface area (Å²) in [5, 5.41) is 2.56. The summed E-state index contributed by atoms with van der Waals surface area (Å²) >= 11 is 0. The van der Waals surface area contributed by atoms with Crippen molar-refractivity contribution in [2.24, 2.45) is 0 Å². The van der Waals surface area contributed by atoms with Crippen LogP contribution in [0, 0.1) is 0 Å². The fourth-order valence-electron chi connectivity index (χ4n) is 7.51. The summed E-state index contributed by atoms with van der Waals surface area (Å²) in [5.41, 5.74) is 15.0. The lowest BCUT2D eigenvalue weighted by Crippen LogP contribution is -2.14. The highest BCUT2D eigenvalue weighted by atomic mass is 14.9. The van der Waals surface area contributed by atoms with Gasteiger partial charge in [-0.1, -0.05) is 153 Å². The average Bonchev–Trinajstić information content (AvgIpc) is 3.39.